The predicted molar refractivity (Wildman–Crippen MR) is 179 cm³/mol. The summed E-state index contributed by atoms with van der Waals surface area (Å²) in [5, 5.41) is 76.1. The van der Waals surface area contributed by atoms with Gasteiger partial charge in [0.1, 0.15) is 37.1 Å². The summed E-state index contributed by atoms with van der Waals surface area (Å²) in [6.45, 7) is 15.3. The monoisotopic (exact) mass is 696 g/mol. The highest BCUT2D eigenvalue weighted by Crippen LogP contribution is 2.91. The van der Waals surface area contributed by atoms with Gasteiger partial charge in [0.25, 0.3) is 0 Å². The van der Waals surface area contributed by atoms with Crippen LogP contribution in [0.15, 0.2) is 0 Å². The van der Waals surface area contributed by atoms with Crippen LogP contribution in [-0.2, 0) is 19.0 Å². The van der Waals surface area contributed by atoms with Crippen LogP contribution in [-0.4, -0.2) is 109 Å². The molecule has 7 N–H and O–H groups in total. The third kappa shape index (κ3) is 5.49. The number of aliphatic hydroxyl groups excluding tert-OH is 6. The zero-order chi connectivity index (χ0) is 36.3. The molecule has 11 heteroatoms. The zero-order valence-electron chi connectivity index (χ0n) is 30.8. The minimum Gasteiger partial charge on any atom is -0.463 e. The van der Waals surface area contributed by atoms with Gasteiger partial charge in [-0.05, 0) is 117 Å². The summed E-state index contributed by atoms with van der Waals surface area (Å²) >= 11 is 0. The summed E-state index contributed by atoms with van der Waals surface area (Å²) in [5.74, 6) is 0.278. The second-order valence-electron chi connectivity index (χ2n) is 18.9. The Morgan fingerprint density at radius 3 is 2.24 bits per heavy atom. The van der Waals surface area contributed by atoms with Crippen molar-refractivity contribution in [3.05, 3.63) is 0 Å². The van der Waals surface area contributed by atoms with Crippen molar-refractivity contribution >= 4 is 5.97 Å². The van der Waals surface area contributed by atoms with Crippen molar-refractivity contribution in [3.8, 4) is 0 Å². The third-order valence-corrected chi connectivity index (χ3v) is 15.9. The first-order valence-corrected chi connectivity index (χ1v) is 18.8. The van der Waals surface area contributed by atoms with Crippen molar-refractivity contribution in [3.63, 3.8) is 0 Å². The van der Waals surface area contributed by atoms with Gasteiger partial charge in [-0.1, -0.05) is 34.6 Å². The molecule has 0 spiro atoms. The molecule has 49 heavy (non-hydrogen) atoms. The highest BCUT2D eigenvalue weighted by atomic mass is 16.7. The lowest BCUT2D eigenvalue weighted by Gasteiger charge is -2.69. The van der Waals surface area contributed by atoms with Crippen LogP contribution in [0.2, 0.25) is 0 Å². The Hall–Kier alpha value is -0.890. The van der Waals surface area contributed by atoms with Gasteiger partial charge < -0.3 is 50.0 Å². The number of fused-ring (bicyclic) bond motifs is 3. The van der Waals surface area contributed by atoms with E-state index in [1.54, 1.807) is 0 Å². The van der Waals surface area contributed by atoms with Gasteiger partial charge in [-0.3, -0.25) is 4.79 Å². The van der Waals surface area contributed by atoms with Gasteiger partial charge >= 0.3 is 5.97 Å². The molecule has 0 bridgehead atoms. The number of carbonyl (C=O) groups is 1. The minimum atomic E-state index is -1.56. The van der Waals surface area contributed by atoms with Crippen molar-refractivity contribution in [2.75, 3.05) is 6.61 Å². The van der Waals surface area contributed by atoms with Crippen molar-refractivity contribution < 1.29 is 54.8 Å². The number of hydrogen-bond donors (Lipinski definition) is 7. The van der Waals surface area contributed by atoms with Crippen molar-refractivity contribution in [1.82, 2.24) is 0 Å². The summed E-state index contributed by atoms with van der Waals surface area (Å²) in [4.78, 5) is 11.6. The molecule has 0 aromatic heterocycles. The Bertz CT molecular complexity index is 1250. The van der Waals surface area contributed by atoms with Crippen LogP contribution >= 0.6 is 0 Å². The molecule has 0 amide bonds. The van der Waals surface area contributed by atoms with Gasteiger partial charge in [-0.25, -0.2) is 0 Å². The SMILES string of the molecule is CC(=O)OC[C@H]1O[C@@H](O[C@@H]2C[C@H]3C(C)(C)[C@H](O)CC[C@]3(C)[C@H]3CC[C@@]45C[C@]4(CC[C@@H]5[C@H](C)C[C@@H](O)[C@H](O)C(C)(C)O)[C@@]32C)[C@H](O)[C@@H](O)[C@@H]1O. The van der Waals surface area contributed by atoms with Gasteiger partial charge in [-0.2, -0.15) is 0 Å². The molecule has 6 aliphatic rings. The zero-order valence-corrected chi connectivity index (χ0v) is 30.8. The average molecular weight is 697 g/mol. The molecule has 5 aliphatic carbocycles. The third-order valence-electron chi connectivity index (χ3n) is 15.9. The molecule has 0 aromatic carbocycles. The highest BCUT2D eigenvalue weighted by molar-refractivity contribution is 5.65. The van der Waals surface area contributed by atoms with Crippen molar-refractivity contribution in [2.24, 2.45) is 50.7 Å². The van der Waals surface area contributed by atoms with Crippen LogP contribution in [0.5, 0.6) is 0 Å². The molecule has 5 saturated carbocycles. The van der Waals surface area contributed by atoms with E-state index in [9.17, 15) is 40.5 Å². The first kappa shape index (κ1) is 37.9. The molecule has 11 nitrogen and oxygen atoms in total. The number of hydrogen-bond acceptors (Lipinski definition) is 11. The fourth-order valence-electron chi connectivity index (χ4n) is 13.3. The Balaban J connectivity index is 1.34. The number of esters is 1. The quantitative estimate of drug-likeness (QED) is 0.139. The number of carbonyl (C=O) groups excluding carboxylic acids is 1. The van der Waals surface area contributed by atoms with Crippen LogP contribution < -0.4 is 0 Å². The van der Waals surface area contributed by atoms with Crippen LogP contribution in [0.3, 0.4) is 0 Å². The lowest BCUT2D eigenvalue weighted by Crippen LogP contribution is -2.68. The lowest BCUT2D eigenvalue weighted by molar-refractivity contribution is -0.344. The van der Waals surface area contributed by atoms with Crippen LogP contribution in [0, 0.1) is 50.7 Å². The van der Waals surface area contributed by atoms with Gasteiger partial charge in [0.15, 0.2) is 6.29 Å². The summed E-state index contributed by atoms with van der Waals surface area (Å²) in [5.41, 5.74) is -2.22. The summed E-state index contributed by atoms with van der Waals surface area (Å²) in [6.07, 6.45) is -2.27. The van der Waals surface area contributed by atoms with E-state index in [1.807, 2.05) is 0 Å². The fraction of sp³-hybridized carbons (Fsp3) is 0.974. The van der Waals surface area contributed by atoms with E-state index in [2.05, 4.69) is 34.6 Å². The van der Waals surface area contributed by atoms with E-state index < -0.39 is 66.7 Å². The first-order valence-electron chi connectivity index (χ1n) is 18.8. The minimum absolute atomic E-state index is 0.0329. The second kappa shape index (κ2) is 12.3. The summed E-state index contributed by atoms with van der Waals surface area (Å²) < 4.78 is 18.2. The fourth-order valence-corrected chi connectivity index (χ4v) is 13.3. The van der Waals surface area contributed by atoms with Gasteiger partial charge in [0.2, 0.25) is 0 Å². The van der Waals surface area contributed by atoms with E-state index in [-0.39, 0.29) is 51.4 Å². The maximum absolute atomic E-state index is 11.6. The average Bonchev–Trinajstić information content (AvgIpc) is 3.58. The molecule has 0 aromatic rings. The Morgan fingerprint density at radius 2 is 1.61 bits per heavy atom. The standard InChI is InChI=1S/C38H64O11/c1-19(15-22(40)31(45)34(5,6)46)21-9-14-38-18-37(21,38)13-10-24-35(7)12-11-26(41)33(3,4)25(35)16-27(36(24,38)8)49-32-30(44)29(43)28(42)23(48-32)17-47-20(2)39/h19,21-32,40-46H,9-18H2,1-8H3/t19-,21-,22-,23-,24-,25+,26-,27-,28-,29+,30-,31+,32+,35-,36+,37+,38-/m1/s1. The van der Waals surface area contributed by atoms with Crippen LogP contribution in [0.25, 0.3) is 0 Å². The number of aliphatic hydroxyl groups is 7. The van der Waals surface area contributed by atoms with Gasteiger partial charge in [0, 0.05) is 12.3 Å². The summed E-state index contributed by atoms with van der Waals surface area (Å²) in [7, 11) is 0. The molecule has 1 saturated heterocycles. The Kier molecular flexibility index (Phi) is 9.53. The molecule has 1 heterocycles. The molecule has 0 unspecified atom stereocenters. The van der Waals surface area contributed by atoms with E-state index in [4.69, 9.17) is 14.2 Å². The number of ether oxygens (including phenoxy) is 3. The molecule has 17 atom stereocenters. The van der Waals surface area contributed by atoms with Gasteiger partial charge in [-0.15, -0.1) is 0 Å². The van der Waals surface area contributed by atoms with Crippen LogP contribution in [0.4, 0.5) is 0 Å². The van der Waals surface area contributed by atoms with Crippen molar-refractivity contribution in [2.45, 2.75) is 174 Å². The molecule has 282 valence electrons. The molecular formula is C38H64O11. The molecule has 6 rings (SSSR count). The highest BCUT2D eigenvalue weighted by Gasteiger charge is 2.85. The van der Waals surface area contributed by atoms with E-state index in [0.717, 1.165) is 44.9 Å². The normalized spacial score (nSPS) is 50.6. The molecule has 6 fully saturated rings. The smallest absolute Gasteiger partial charge is 0.302 e. The van der Waals surface area contributed by atoms with E-state index in [1.165, 1.54) is 20.8 Å². The first-order chi connectivity index (χ1) is 22.6. The Morgan fingerprint density at radius 1 is 0.939 bits per heavy atom. The molecule has 1 aliphatic heterocycles. The summed E-state index contributed by atoms with van der Waals surface area (Å²) in [6, 6.07) is 0. The number of rotatable bonds is 9. The second-order valence-corrected chi connectivity index (χ2v) is 18.9. The Labute approximate surface area is 291 Å². The maximum Gasteiger partial charge on any atom is 0.302 e. The van der Waals surface area contributed by atoms with Crippen LogP contribution in [0.1, 0.15) is 113 Å². The van der Waals surface area contributed by atoms with Crippen molar-refractivity contribution in [1.29, 1.82) is 0 Å². The molecular weight excluding hydrogens is 632 g/mol. The maximum atomic E-state index is 11.6. The lowest BCUT2D eigenvalue weighted by atomic mass is 9.37. The topological polar surface area (TPSA) is 186 Å². The van der Waals surface area contributed by atoms with E-state index >= 15 is 0 Å². The largest absolute Gasteiger partial charge is 0.463 e. The molecule has 0 radical (unpaired) electrons. The van der Waals surface area contributed by atoms with Gasteiger partial charge in [0.05, 0.1) is 23.9 Å². The predicted octanol–water partition coefficient (Wildman–Crippen LogP) is 2.67. The van der Waals surface area contributed by atoms with E-state index in [0.29, 0.717) is 18.8 Å².